The van der Waals surface area contributed by atoms with Crippen LogP contribution in [0.4, 0.5) is 21.0 Å². The van der Waals surface area contributed by atoms with E-state index in [0.29, 0.717) is 29.7 Å². The molecule has 4 heterocycles. The number of aromatic nitrogens is 5. The fourth-order valence-electron chi connectivity index (χ4n) is 3.47. The van der Waals surface area contributed by atoms with Crippen LogP contribution >= 0.6 is 0 Å². The molecule has 3 atom stereocenters. The maximum absolute atomic E-state index is 14.9. The van der Waals surface area contributed by atoms with E-state index in [-0.39, 0.29) is 12.6 Å². The van der Waals surface area contributed by atoms with Gasteiger partial charge in [-0.15, -0.1) is 0 Å². The first-order chi connectivity index (χ1) is 15.3. The van der Waals surface area contributed by atoms with Crippen LogP contribution < -0.4 is 10.6 Å². The van der Waals surface area contributed by atoms with E-state index in [2.05, 4.69) is 30.8 Å². The molecular formula is C20H26FN7O4. The van der Waals surface area contributed by atoms with Crippen LogP contribution in [0.15, 0.2) is 18.3 Å². The number of alkyl carbamates (subject to hydrolysis) is 1. The van der Waals surface area contributed by atoms with E-state index in [4.69, 9.17) is 14.2 Å². The Balaban J connectivity index is 1.47. The van der Waals surface area contributed by atoms with Crippen LogP contribution in [0.2, 0.25) is 0 Å². The lowest BCUT2D eigenvalue weighted by Gasteiger charge is -2.16. The molecule has 1 aliphatic rings. The Hall–Kier alpha value is -3.25. The van der Waals surface area contributed by atoms with E-state index in [0.717, 1.165) is 11.4 Å². The van der Waals surface area contributed by atoms with Gasteiger partial charge >= 0.3 is 6.09 Å². The van der Waals surface area contributed by atoms with Gasteiger partial charge in [0.15, 0.2) is 18.1 Å². The van der Waals surface area contributed by atoms with E-state index in [1.54, 1.807) is 31.4 Å². The number of amides is 1. The molecule has 0 aromatic carbocycles. The first kappa shape index (κ1) is 22.0. The number of ether oxygens (including phenoxy) is 3. The minimum absolute atomic E-state index is 0.0451. The van der Waals surface area contributed by atoms with Gasteiger partial charge in [-0.3, -0.25) is 9.50 Å². The monoisotopic (exact) mass is 447 g/mol. The van der Waals surface area contributed by atoms with Crippen molar-refractivity contribution in [1.82, 2.24) is 29.9 Å². The fraction of sp³-hybridized carbons (Fsp3) is 0.500. The molecule has 0 bridgehead atoms. The maximum atomic E-state index is 14.9. The molecule has 0 unspecified atom stereocenters. The number of H-pyrrole nitrogens is 1. The highest BCUT2D eigenvalue weighted by molar-refractivity contribution is 5.67. The van der Waals surface area contributed by atoms with Gasteiger partial charge in [-0.05, 0) is 20.8 Å². The predicted molar refractivity (Wildman–Crippen MR) is 112 cm³/mol. The lowest BCUT2D eigenvalue weighted by Crippen LogP contribution is -2.36. The summed E-state index contributed by atoms with van der Waals surface area (Å²) in [6.07, 6.45) is -2.31. The number of imidazole rings is 1. The number of hydrogen-bond donors (Lipinski definition) is 3. The summed E-state index contributed by atoms with van der Waals surface area (Å²) in [5.74, 6) is 0.933. The van der Waals surface area contributed by atoms with Crippen LogP contribution in [-0.2, 0) is 20.8 Å². The summed E-state index contributed by atoms with van der Waals surface area (Å²) in [5.41, 5.74) is 2.67. The number of aryl methyl sites for hydroxylation is 1. The molecule has 4 rings (SSSR count). The average molecular weight is 447 g/mol. The van der Waals surface area contributed by atoms with Crippen molar-refractivity contribution in [3.63, 3.8) is 0 Å². The third-order valence-electron chi connectivity index (χ3n) is 4.82. The van der Waals surface area contributed by atoms with E-state index in [1.165, 1.54) is 0 Å². The molecule has 1 amide bonds. The lowest BCUT2D eigenvalue weighted by molar-refractivity contribution is 0.0615. The first-order valence-electron chi connectivity index (χ1n) is 10.2. The van der Waals surface area contributed by atoms with Gasteiger partial charge < -0.3 is 24.8 Å². The molecule has 3 N–H and O–H groups in total. The van der Waals surface area contributed by atoms with Crippen LogP contribution in [0, 0.1) is 6.92 Å². The van der Waals surface area contributed by atoms with Crippen molar-refractivity contribution in [3.8, 4) is 0 Å². The van der Waals surface area contributed by atoms with Crippen LogP contribution in [0.5, 0.6) is 0 Å². The minimum atomic E-state index is -1.53. The Bertz CT molecular complexity index is 1100. The second kappa shape index (κ2) is 9.09. The molecule has 3 aromatic rings. The summed E-state index contributed by atoms with van der Waals surface area (Å²) in [5, 5.41) is 12.7. The number of aromatic amines is 1. The highest BCUT2D eigenvalue weighted by atomic mass is 19.1. The normalized spacial score (nSPS) is 20.8. The number of anilines is 2. The number of methoxy groups -OCH3 is 1. The topological polar surface area (TPSA) is 128 Å². The van der Waals surface area contributed by atoms with E-state index in [9.17, 15) is 9.18 Å². The van der Waals surface area contributed by atoms with Crippen LogP contribution in [0.1, 0.15) is 37.0 Å². The van der Waals surface area contributed by atoms with Crippen molar-refractivity contribution in [3.05, 3.63) is 35.4 Å². The number of alkyl halides is 1. The number of nitrogens with one attached hydrogen (secondary N) is 3. The molecule has 1 fully saturated rings. The van der Waals surface area contributed by atoms with Gasteiger partial charge in [-0.2, -0.15) is 5.10 Å². The Kier molecular flexibility index (Phi) is 6.24. The van der Waals surface area contributed by atoms with Crippen molar-refractivity contribution in [2.75, 3.05) is 19.0 Å². The number of fused-ring (bicyclic) bond motifs is 1. The van der Waals surface area contributed by atoms with Crippen molar-refractivity contribution in [1.29, 1.82) is 0 Å². The van der Waals surface area contributed by atoms with E-state index >= 15 is 0 Å². The smallest absolute Gasteiger partial charge is 0.407 e. The van der Waals surface area contributed by atoms with Gasteiger partial charge in [0.05, 0.1) is 24.6 Å². The summed E-state index contributed by atoms with van der Waals surface area (Å²) < 4.78 is 32.5. The molecule has 0 aliphatic carbocycles. The average Bonchev–Trinajstić information content (AvgIpc) is 3.41. The number of carbonyl (C=O) groups is 1. The molecule has 0 radical (unpaired) electrons. The standard InChI is InChI=1S/C20H26FN7O4/c1-10(2)22-20(29)32-14-9-31-18(17(14)21)13-6-15(27-26-13)25-19-23-11(3)5-16-24-12(8-30-4)7-28(16)19/h5-7,10,14,17-18H,8-9H2,1-4H3,(H,22,29)(H2,23,25,26,27)/t14-,17-,18-/m0/s1. The molecule has 1 saturated heterocycles. The molecule has 32 heavy (non-hydrogen) atoms. The highest BCUT2D eigenvalue weighted by Crippen LogP contribution is 2.33. The molecule has 0 saturated carbocycles. The second-order valence-corrected chi connectivity index (χ2v) is 7.89. The minimum Gasteiger partial charge on any atom is -0.441 e. The number of hydrogen-bond acceptors (Lipinski definition) is 8. The molecule has 12 heteroatoms. The number of nitrogens with zero attached hydrogens (tertiary/aromatic N) is 4. The summed E-state index contributed by atoms with van der Waals surface area (Å²) >= 11 is 0. The van der Waals surface area contributed by atoms with Crippen molar-refractivity contribution >= 4 is 23.5 Å². The maximum Gasteiger partial charge on any atom is 0.407 e. The molecule has 1 aliphatic heterocycles. The van der Waals surface area contributed by atoms with Gasteiger partial charge in [0, 0.05) is 37.2 Å². The summed E-state index contributed by atoms with van der Waals surface area (Å²) in [7, 11) is 1.60. The SMILES string of the molecule is COCc1cn2c(Nc3cc([C@@H]4OC[C@H](OC(=O)NC(C)C)[C@@H]4F)[nH]n3)nc(C)cc2n1. The van der Waals surface area contributed by atoms with Gasteiger partial charge in [0.2, 0.25) is 5.95 Å². The van der Waals surface area contributed by atoms with E-state index < -0.39 is 24.5 Å². The summed E-state index contributed by atoms with van der Waals surface area (Å²) in [6, 6.07) is 3.38. The third-order valence-corrected chi connectivity index (χ3v) is 4.82. The predicted octanol–water partition coefficient (Wildman–Crippen LogP) is 2.56. The van der Waals surface area contributed by atoms with Gasteiger partial charge in [0.25, 0.3) is 0 Å². The Morgan fingerprint density at radius 3 is 2.97 bits per heavy atom. The first-order valence-corrected chi connectivity index (χ1v) is 10.2. The van der Waals surface area contributed by atoms with Crippen molar-refractivity contribution in [2.45, 2.75) is 51.8 Å². The summed E-state index contributed by atoms with van der Waals surface area (Å²) in [4.78, 5) is 20.8. The van der Waals surface area contributed by atoms with Crippen molar-refractivity contribution < 1.29 is 23.4 Å². The van der Waals surface area contributed by atoms with Gasteiger partial charge in [-0.25, -0.2) is 19.2 Å². The van der Waals surface area contributed by atoms with E-state index in [1.807, 2.05) is 19.2 Å². The lowest BCUT2D eigenvalue weighted by atomic mass is 10.1. The number of carbonyl (C=O) groups excluding carboxylic acids is 1. The molecule has 0 spiro atoms. The molecule has 172 valence electrons. The quantitative estimate of drug-likeness (QED) is 0.504. The molecular weight excluding hydrogens is 421 g/mol. The Morgan fingerprint density at radius 2 is 2.22 bits per heavy atom. The summed E-state index contributed by atoms with van der Waals surface area (Å²) in [6.45, 7) is 5.78. The Labute approximate surface area is 183 Å². The number of rotatable bonds is 7. The number of halogens is 1. The van der Waals surface area contributed by atoms with Crippen molar-refractivity contribution in [2.24, 2.45) is 0 Å². The largest absolute Gasteiger partial charge is 0.441 e. The molecule has 3 aromatic heterocycles. The zero-order chi connectivity index (χ0) is 22.8. The molecule has 11 nitrogen and oxygen atoms in total. The van der Waals surface area contributed by atoms with Crippen LogP contribution in [-0.4, -0.2) is 62.7 Å². The van der Waals surface area contributed by atoms with Gasteiger partial charge in [-0.1, -0.05) is 0 Å². The fourth-order valence-corrected chi connectivity index (χ4v) is 3.47. The second-order valence-electron chi connectivity index (χ2n) is 7.89. The van der Waals surface area contributed by atoms with Crippen LogP contribution in [0.25, 0.3) is 5.65 Å². The van der Waals surface area contributed by atoms with Crippen LogP contribution in [0.3, 0.4) is 0 Å². The zero-order valence-electron chi connectivity index (χ0n) is 18.3. The van der Waals surface area contributed by atoms with Gasteiger partial charge in [0.1, 0.15) is 11.8 Å². The third kappa shape index (κ3) is 4.65. The highest BCUT2D eigenvalue weighted by Gasteiger charge is 2.42. The Morgan fingerprint density at radius 1 is 1.41 bits per heavy atom. The zero-order valence-corrected chi connectivity index (χ0v) is 18.3.